The van der Waals surface area contributed by atoms with Crippen molar-refractivity contribution >= 4 is 0 Å². The minimum Gasteiger partial charge on any atom is -0.394 e. The van der Waals surface area contributed by atoms with Gasteiger partial charge in [0.2, 0.25) is 0 Å². The molecule has 1 aliphatic heterocycles. The van der Waals surface area contributed by atoms with Gasteiger partial charge in [-0.15, -0.1) is 0 Å². The lowest BCUT2D eigenvalue weighted by Gasteiger charge is -2.37. The summed E-state index contributed by atoms with van der Waals surface area (Å²) in [6, 6.07) is -1.22. The third-order valence-corrected chi connectivity index (χ3v) is 2.05. The van der Waals surface area contributed by atoms with Gasteiger partial charge >= 0.3 is 0 Å². The third-order valence-electron chi connectivity index (χ3n) is 2.05. The van der Waals surface area contributed by atoms with Crippen molar-refractivity contribution in [3.63, 3.8) is 0 Å². The van der Waals surface area contributed by atoms with Gasteiger partial charge in [0, 0.05) is 4.91 Å². The van der Waals surface area contributed by atoms with E-state index in [1.165, 1.54) is 0 Å². The van der Waals surface area contributed by atoms with Crippen molar-refractivity contribution < 1.29 is 25.2 Å². The van der Waals surface area contributed by atoms with Gasteiger partial charge in [0.05, 0.1) is 18.8 Å². The van der Waals surface area contributed by atoms with E-state index in [-0.39, 0.29) is 0 Å². The van der Waals surface area contributed by atoms with Gasteiger partial charge in [-0.05, 0) is 5.53 Å². The Morgan fingerprint density at radius 2 is 1.93 bits per heavy atom. The largest absolute Gasteiger partial charge is 0.394 e. The summed E-state index contributed by atoms with van der Waals surface area (Å²) >= 11 is 0. The zero-order valence-electron chi connectivity index (χ0n) is 7.13. The number of hydrogen-bond acceptors (Lipinski definition) is 6. The summed E-state index contributed by atoms with van der Waals surface area (Å²) in [5.41, 5.74) is 8.15. The van der Waals surface area contributed by atoms with Crippen molar-refractivity contribution in [3.05, 3.63) is 10.4 Å². The van der Waals surface area contributed by atoms with Gasteiger partial charge in [-0.2, -0.15) is 0 Å². The molecule has 1 rings (SSSR count). The van der Waals surface area contributed by atoms with Crippen LogP contribution in [0.2, 0.25) is 0 Å². The summed E-state index contributed by atoms with van der Waals surface area (Å²) in [5, 5.41) is 39.7. The van der Waals surface area contributed by atoms with E-state index in [1.807, 2.05) is 0 Å². The maximum Gasteiger partial charge on any atom is 0.181 e. The predicted octanol–water partition coefficient (Wildman–Crippen LogP) is -1.90. The molecule has 2 unspecified atom stereocenters. The second-order valence-corrected chi connectivity index (χ2v) is 2.92. The topological polar surface area (TPSA) is 139 Å². The first-order valence-electron chi connectivity index (χ1n) is 3.96. The zero-order chi connectivity index (χ0) is 10.7. The van der Waals surface area contributed by atoms with Crippen LogP contribution < -0.4 is 0 Å². The lowest BCUT2D eigenvalue weighted by Crippen LogP contribution is -2.57. The van der Waals surface area contributed by atoms with Crippen LogP contribution in [0.25, 0.3) is 10.4 Å². The fraction of sp³-hybridized carbons (Fsp3) is 1.00. The number of nitrogens with zero attached hydrogens (tertiary/aromatic N) is 3. The van der Waals surface area contributed by atoms with Crippen molar-refractivity contribution in [2.24, 2.45) is 5.11 Å². The monoisotopic (exact) mass is 205 g/mol. The second kappa shape index (κ2) is 4.56. The van der Waals surface area contributed by atoms with Crippen LogP contribution in [0.15, 0.2) is 5.11 Å². The Labute approximate surface area is 79.0 Å². The molecular weight excluding hydrogens is 194 g/mol. The average molecular weight is 205 g/mol. The third kappa shape index (κ3) is 1.95. The standard InChI is InChI=1S/C6H11N3O5/c7-9-8-3-4(11)2(1-10)14-6(13)5(3)12/h2-6,10-13H,1H2/t2?,3-,4-,5?,6+/m0/s1. The highest BCUT2D eigenvalue weighted by Gasteiger charge is 2.43. The van der Waals surface area contributed by atoms with E-state index in [9.17, 15) is 10.2 Å². The summed E-state index contributed by atoms with van der Waals surface area (Å²) in [5.74, 6) is 0. The van der Waals surface area contributed by atoms with E-state index < -0.39 is 37.3 Å². The van der Waals surface area contributed by atoms with Crippen molar-refractivity contribution in [1.82, 2.24) is 0 Å². The van der Waals surface area contributed by atoms with Crippen LogP contribution in [0, 0.1) is 0 Å². The van der Waals surface area contributed by atoms with Crippen molar-refractivity contribution in [3.8, 4) is 0 Å². The van der Waals surface area contributed by atoms with Gasteiger partial charge in [-0.3, -0.25) is 0 Å². The summed E-state index contributed by atoms with van der Waals surface area (Å²) in [6.07, 6.45) is -5.48. The highest BCUT2D eigenvalue weighted by molar-refractivity contribution is 4.93. The zero-order valence-corrected chi connectivity index (χ0v) is 7.13. The van der Waals surface area contributed by atoms with Crippen LogP contribution in [0.4, 0.5) is 0 Å². The van der Waals surface area contributed by atoms with Crippen molar-refractivity contribution in [2.45, 2.75) is 30.6 Å². The fourth-order valence-electron chi connectivity index (χ4n) is 1.28. The molecule has 14 heavy (non-hydrogen) atoms. The fourth-order valence-corrected chi connectivity index (χ4v) is 1.28. The van der Waals surface area contributed by atoms with Crippen LogP contribution >= 0.6 is 0 Å². The SMILES string of the molecule is [N-]=[N+]=N[C@@H]1C(O)[C@H](O)OC(CO)[C@@H]1O. The minimum absolute atomic E-state index is 0.539. The molecule has 8 heteroatoms. The molecule has 0 amide bonds. The Kier molecular flexibility index (Phi) is 3.64. The van der Waals surface area contributed by atoms with Crippen molar-refractivity contribution in [1.29, 1.82) is 0 Å². The summed E-state index contributed by atoms with van der Waals surface area (Å²) < 4.78 is 4.66. The molecule has 0 aromatic rings. The van der Waals surface area contributed by atoms with E-state index in [1.54, 1.807) is 0 Å². The van der Waals surface area contributed by atoms with E-state index in [0.717, 1.165) is 0 Å². The molecule has 0 aromatic heterocycles. The molecule has 0 bridgehead atoms. The van der Waals surface area contributed by atoms with Gasteiger partial charge in [-0.25, -0.2) is 0 Å². The van der Waals surface area contributed by atoms with E-state index in [2.05, 4.69) is 14.8 Å². The number of rotatable bonds is 2. The lowest BCUT2D eigenvalue weighted by atomic mass is 9.97. The molecule has 0 radical (unpaired) electrons. The van der Waals surface area contributed by atoms with Gasteiger partial charge in [0.1, 0.15) is 12.2 Å². The summed E-state index contributed by atoms with van der Waals surface area (Å²) in [6.45, 7) is -0.539. The smallest absolute Gasteiger partial charge is 0.181 e. The van der Waals surface area contributed by atoms with E-state index in [4.69, 9.17) is 15.7 Å². The lowest BCUT2D eigenvalue weighted by molar-refractivity contribution is -0.258. The number of azide groups is 1. The summed E-state index contributed by atoms with van der Waals surface area (Å²) in [7, 11) is 0. The van der Waals surface area contributed by atoms with Crippen molar-refractivity contribution in [2.75, 3.05) is 6.61 Å². The molecule has 5 atom stereocenters. The molecule has 0 aliphatic carbocycles. The van der Waals surface area contributed by atoms with Crippen LogP contribution in [-0.4, -0.2) is 57.7 Å². The highest BCUT2D eigenvalue weighted by atomic mass is 16.6. The normalized spacial score (nSPS) is 43.0. The first-order valence-corrected chi connectivity index (χ1v) is 3.96. The molecule has 0 spiro atoms. The van der Waals surface area contributed by atoms with E-state index in [0.29, 0.717) is 0 Å². The first kappa shape index (κ1) is 11.2. The molecule has 1 heterocycles. The summed E-state index contributed by atoms with van der Waals surface area (Å²) in [4.78, 5) is 2.42. The van der Waals surface area contributed by atoms with Gasteiger partial charge in [0.25, 0.3) is 0 Å². The van der Waals surface area contributed by atoms with Crippen LogP contribution in [0.5, 0.6) is 0 Å². The Hall–Kier alpha value is -0.890. The number of aliphatic hydroxyl groups excluding tert-OH is 4. The Morgan fingerprint density at radius 1 is 1.29 bits per heavy atom. The van der Waals surface area contributed by atoms with Crippen LogP contribution in [0.3, 0.4) is 0 Å². The van der Waals surface area contributed by atoms with Gasteiger partial charge < -0.3 is 25.2 Å². The Bertz CT molecular complexity index is 244. The molecule has 1 saturated heterocycles. The molecule has 8 nitrogen and oxygen atoms in total. The molecule has 0 aromatic carbocycles. The molecule has 0 saturated carbocycles. The first-order chi connectivity index (χ1) is 6.61. The maximum atomic E-state index is 9.43. The Balaban J connectivity index is 2.82. The molecular formula is C6H11N3O5. The molecule has 80 valence electrons. The minimum atomic E-state index is -1.58. The molecule has 4 N–H and O–H groups in total. The van der Waals surface area contributed by atoms with Crippen LogP contribution in [0.1, 0.15) is 0 Å². The number of hydrogen-bond donors (Lipinski definition) is 4. The predicted molar refractivity (Wildman–Crippen MR) is 42.9 cm³/mol. The van der Waals surface area contributed by atoms with Crippen LogP contribution in [-0.2, 0) is 4.74 Å². The number of ether oxygens (including phenoxy) is 1. The number of aliphatic hydroxyl groups is 4. The Morgan fingerprint density at radius 3 is 2.43 bits per heavy atom. The second-order valence-electron chi connectivity index (χ2n) is 2.92. The average Bonchev–Trinajstić information content (AvgIpc) is 2.18. The highest BCUT2D eigenvalue weighted by Crippen LogP contribution is 2.22. The molecule has 1 fully saturated rings. The van der Waals surface area contributed by atoms with Gasteiger partial charge in [-0.1, -0.05) is 5.11 Å². The van der Waals surface area contributed by atoms with Gasteiger partial charge in [0.15, 0.2) is 6.29 Å². The maximum absolute atomic E-state index is 9.43. The quantitative estimate of drug-likeness (QED) is 0.237. The molecule has 1 aliphatic rings. The van der Waals surface area contributed by atoms with E-state index >= 15 is 0 Å².